The van der Waals surface area contributed by atoms with E-state index in [0.29, 0.717) is 48.4 Å². The Kier molecular flexibility index (Phi) is 9.53. The van der Waals surface area contributed by atoms with Crippen LogP contribution in [-0.4, -0.2) is 43.7 Å². The standard InChI is InChI=1S/C24H30N2O7/c1-6-30-20-13-17(14-21(31-7-2)22(20)32-8-3)24(29)33-15(4)23(28)26-19-11-9-18(10-12-19)25-16(5)27/h9-15H,6-8H2,1-5H3,(H,25,27)(H,26,28)/t15-/m0/s1. The fourth-order valence-electron chi connectivity index (χ4n) is 2.87. The summed E-state index contributed by atoms with van der Waals surface area (Å²) in [5.74, 6) is -0.282. The fourth-order valence-corrected chi connectivity index (χ4v) is 2.87. The predicted octanol–water partition coefficient (Wildman–Crippen LogP) is 4.03. The molecule has 0 fully saturated rings. The van der Waals surface area contributed by atoms with Gasteiger partial charge in [0.15, 0.2) is 17.6 Å². The van der Waals surface area contributed by atoms with Crippen molar-refractivity contribution >= 4 is 29.2 Å². The molecule has 178 valence electrons. The summed E-state index contributed by atoms with van der Waals surface area (Å²) in [5, 5.41) is 5.31. The lowest BCUT2D eigenvalue weighted by Crippen LogP contribution is -2.30. The predicted molar refractivity (Wildman–Crippen MR) is 124 cm³/mol. The molecule has 2 rings (SSSR count). The second-order valence-corrected chi connectivity index (χ2v) is 6.90. The maximum atomic E-state index is 12.7. The van der Waals surface area contributed by atoms with Gasteiger partial charge in [0.1, 0.15) is 0 Å². The lowest BCUT2D eigenvalue weighted by Gasteiger charge is -2.18. The Morgan fingerprint density at radius 2 is 1.30 bits per heavy atom. The summed E-state index contributed by atoms with van der Waals surface area (Å²) in [7, 11) is 0. The smallest absolute Gasteiger partial charge is 0.339 e. The van der Waals surface area contributed by atoms with E-state index in [4.69, 9.17) is 18.9 Å². The zero-order chi connectivity index (χ0) is 24.4. The van der Waals surface area contributed by atoms with Crippen LogP contribution in [0.25, 0.3) is 0 Å². The first kappa shape index (κ1) is 25.5. The van der Waals surface area contributed by atoms with Crippen molar-refractivity contribution in [2.75, 3.05) is 30.5 Å². The molecular formula is C24H30N2O7. The van der Waals surface area contributed by atoms with E-state index in [1.54, 1.807) is 24.3 Å². The van der Waals surface area contributed by atoms with Crippen molar-refractivity contribution in [1.29, 1.82) is 0 Å². The first-order chi connectivity index (χ1) is 15.8. The summed E-state index contributed by atoms with van der Waals surface area (Å²) in [6, 6.07) is 9.57. The number of anilines is 2. The van der Waals surface area contributed by atoms with Gasteiger partial charge in [0.25, 0.3) is 5.91 Å². The molecule has 9 nitrogen and oxygen atoms in total. The van der Waals surface area contributed by atoms with Crippen molar-refractivity contribution < 1.29 is 33.3 Å². The van der Waals surface area contributed by atoms with E-state index in [1.165, 1.54) is 26.0 Å². The molecule has 2 aromatic rings. The van der Waals surface area contributed by atoms with Crippen LogP contribution in [0.1, 0.15) is 45.0 Å². The topological polar surface area (TPSA) is 112 Å². The molecule has 2 aromatic carbocycles. The van der Waals surface area contributed by atoms with Crippen LogP contribution in [0.3, 0.4) is 0 Å². The van der Waals surface area contributed by atoms with Gasteiger partial charge in [-0.15, -0.1) is 0 Å². The van der Waals surface area contributed by atoms with Gasteiger partial charge in [0.2, 0.25) is 11.7 Å². The van der Waals surface area contributed by atoms with E-state index in [1.807, 2.05) is 20.8 Å². The SMILES string of the molecule is CCOc1cc(C(=O)O[C@@H](C)C(=O)Nc2ccc(NC(C)=O)cc2)cc(OCC)c1OCC. The van der Waals surface area contributed by atoms with E-state index in [-0.39, 0.29) is 11.5 Å². The van der Waals surface area contributed by atoms with Crippen LogP contribution in [-0.2, 0) is 14.3 Å². The third-order valence-electron chi connectivity index (χ3n) is 4.27. The molecule has 2 N–H and O–H groups in total. The molecule has 33 heavy (non-hydrogen) atoms. The Morgan fingerprint density at radius 1 is 0.818 bits per heavy atom. The number of benzene rings is 2. The summed E-state index contributed by atoms with van der Waals surface area (Å²) in [6.45, 7) is 9.47. The van der Waals surface area contributed by atoms with Crippen molar-refractivity contribution in [1.82, 2.24) is 0 Å². The number of esters is 1. The second kappa shape index (κ2) is 12.3. The zero-order valence-corrected chi connectivity index (χ0v) is 19.5. The van der Waals surface area contributed by atoms with Gasteiger partial charge in [-0.1, -0.05) is 0 Å². The Bertz CT molecular complexity index is 946. The summed E-state index contributed by atoms with van der Waals surface area (Å²) in [4.78, 5) is 36.3. The highest BCUT2D eigenvalue weighted by molar-refractivity contribution is 5.98. The lowest BCUT2D eigenvalue weighted by atomic mass is 10.1. The van der Waals surface area contributed by atoms with Gasteiger partial charge >= 0.3 is 5.97 Å². The van der Waals surface area contributed by atoms with Gasteiger partial charge < -0.3 is 29.6 Å². The summed E-state index contributed by atoms with van der Waals surface area (Å²) in [5.41, 5.74) is 1.27. The van der Waals surface area contributed by atoms with E-state index < -0.39 is 18.0 Å². The molecule has 0 saturated heterocycles. The molecule has 9 heteroatoms. The second-order valence-electron chi connectivity index (χ2n) is 6.90. The number of hydrogen-bond donors (Lipinski definition) is 2. The Balaban J connectivity index is 2.12. The summed E-state index contributed by atoms with van der Waals surface area (Å²) < 4.78 is 22.2. The van der Waals surface area contributed by atoms with Crippen LogP contribution in [0.5, 0.6) is 17.2 Å². The van der Waals surface area contributed by atoms with Gasteiger partial charge in [-0.2, -0.15) is 0 Å². The fraction of sp³-hybridized carbons (Fsp3) is 0.375. The number of rotatable bonds is 11. The number of ether oxygens (including phenoxy) is 4. The normalized spacial score (nSPS) is 11.2. The highest BCUT2D eigenvalue weighted by Gasteiger charge is 2.23. The van der Waals surface area contributed by atoms with Crippen LogP contribution in [0.4, 0.5) is 11.4 Å². The number of amides is 2. The zero-order valence-electron chi connectivity index (χ0n) is 19.5. The minimum atomic E-state index is -1.06. The van der Waals surface area contributed by atoms with Crippen molar-refractivity contribution in [3.63, 3.8) is 0 Å². The molecule has 1 atom stereocenters. The first-order valence-corrected chi connectivity index (χ1v) is 10.7. The van der Waals surface area contributed by atoms with Crippen molar-refractivity contribution in [3.8, 4) is 17.2 Å². The highest BCUT2D eigenvalue weighted by Crippen LogP contribution is 2.39. The van der Waals surface area contributed by atoms with Gasteiger partial charge in [0, 0.05) is 18.3 Å². The maximum absolute atomic E-state index is 12.7. The third kappa shape index (κ3) is 7.41. The number of carbonyl (C=O) groups excluding carboxylic acids is 3. The van der Waals surface area contributed by atoms with E-state index in [2.05, 4.69) is 10.6 Å². The van der Waals surface area contributed by atoms with Crippen LogP contribution >= 0.6 is 0 Å². The maximum Gasteiger partial charge on any atom is 0.339 e. The van der Waals surface area contributed by atoms with Crippen molar-refractivity contribution in [3.05, 3.63) is 42.0 Å². The number of hydrogen-bond acceptors (Lipinski definition) is 7. The molecule has 0 aliphatic heterocycles. The summed E-state index contributed by atoms with van der Waals surface area (Å²) in [6.07, 6.45) is -1.06. The quantitative estimate of drug-likeness (QED) is 0.489. The average Bonchev–Trinajstić information content (AvgIpc) is 2.77. The Morgan fingerprint density at radius 3 is 1.76 bits per heavy atom. The average molecular weight is 459 g/mol. The van der Waals surface area contributed by atoms with Gasteiger partial charge in [0.05, 0.1) is 25.4 Å². The molecule has 0 saturated carbocycles. The molecule has 0 aliphatic rings. The van der Waals surface area contributed by atoms with Crippen LogP contribution in [0.15, 0.2) is 36.4 Å². The third-order valence-corrected chi connectivity index (χ3v) is 4.27. The number of carbonyl (C=O) groups is 3. The van der Waals surface area contributed by atoms with E-state index >= 15 is 0 Å². The molecule has 0 radical (unpaired) electrons. The van der Waals surface area contributed by atoms with Crippen molar-refractivity contribution in [2.24, 2.45) is 0 Å². The lowest BCUT2D eigenvalue weighted by molar-refractivity contribution is -0.123. The molecule has 2 amide bonds. The van der Waals surface area contributed by atoms with Gasteiger partial charge in [-0.25, -0.2) is 4.79 Å². The van der Waals surface area contributed by atoms with Crippen LogP contribution in [0, 0.1) is 0 Å². The Hall–Kier alpha value is -3.75. The van der Waals surface area contributed by atoms with E-state index in [0.717, 1.165) is 0 Å². The molecule has 0 heterocycles. The Labute approximate surface area is 193 Å². The molecule has 0 aromatic heterocycles. The molecule has 0 bridgehead atoms. The molecule has 0 aliphatic carbocycles. The first-order valence-electron chi connectivity index (χ1n) is 10.7. The van der Waals surface area contributed by atoms with Gasteiger partial charge in [-0.3, -0.25) is 9.59 Å². The minimum absolute atomic E-state index is 0.171. The van der Waals surface area contributed by atoms with E-state index in [9.17, 15) is 14.4 Å². The van der Waals surface area contributed by atoms with Crippen LogP contribution in [0.2, 0.25) is 0 Å². The largest absolute Gasteiger partial charge is 0.490 e. The van der Waals surface area contributed by atoms with Crippen molar-refractivity contribution in [2.45, 2.75) is 40.7 Å². The monoisotopic (exact) mass is 458 g/mol. The van der Waals surface area contributed by atoms with Crippen LogP contribution < -0.4 is 24.8 Å². The number of nitrogens with one attached hydrogen (secondary N) is 2. The molecular weight excluding hydrogens is 428 g/mol. The molecule has 0 unspecified atom stereocenters. The molecule has 0 spiro atoms. The van der Waals surface area contributed by atoms with Gasteiger partial charge in [-0.05, 0) is 64.1 Å². The minimum Gasteiger partial charge on any atom is -0.490 e. The summed E-state index contributed by atoms with van der Waals surface area (Å²) >= 11 is 0. The highest BCUT2D eigenvalue weighted by atomic mass is 16.6.